The molecule has 0 heterocycles. The molecule has 2 aromatic carbocycles. The molecule has 2 amide bonds. The molecule has 4 nitrogen and oxygen atoms in total. The summed E-state index contributed by atoms with van der Waals surface area (Å²) in [5, 5.41) is 5.93. The number of aldehydes is 1. The van der Waals surface area contributed by atoms with E-state index in [-0.39, 0.29) is 6.03 Å². The van der Waals surface area contributed by atoms with Crippen molar-refractivity contribution in [2.75, 3.05) is 10.6 Å². The third-order valence-electron chi connectivity index (χ3n) is 2.41. The van der Waals surface area contributed by atoms with Gasteiger partial charge in [-0.1, -0.05) is 11.6 Å². The maximum Gasteiger partial charge on any atom is 0.323 e. The molecular formula is C14H11ClN2O2. The highest BCUT2D eigenvalue weighted by Gasteiger charge is 2.02. The molecule has 2 N–H and O–H groups in total. The van der Waals surface area contributed by atoms with Crippen molar-refractivity contribution < 1.29 is 9.59 Å². The molecule has 0 fully saturated rings. The standard InChI is InChI=1S/C14H11ClN2O2/c15-11-3-7-13(8-4-11)17-14(19)16-12-5-1-10(9-18)2-6-12/h1-9H,(H2,16,17,19). The van der Waals surface area contributed by atoms with Gasteiger partial charge < -0.3 is 10.6 Å². The average Bonchev–Trinajstić information content (AvgIpc) is 2.42. The Kier molecular flexibility index (Phi) is 4.15. The van der Waals surface area contributed by atoms with Crippen LogP contribution in [0.4, 0.5) is 16.2 Å². The Morgan fingerprint density at radius 2 is 1.37 bits per heavy atom. The van der Waals surface area contributed by atoms with Crippen molar-refractivity contribution >= 4 is 35.3 Å². The molecule has 96 valence electrons. The minimum Gasteiger partial charge on any atom is -0.308 e. The molecule has 0 aromatic heterocycles. The topological polar surface area (TPSA) is 58.2 Å². The van der Waals surface area contributed by atoms with Gasteiger partial charge in [-0.25, -0.2) is 4.79 Å². The molecule has 2 aromatic rings. The van der Waals surface area contributed by atoms with Crippen LogP contribution < -0.4 is 10.6 Å². The number of nitrogens with one attached hydrogen (secondary N) is 2. The highest BCUT2D eigenvalue weighted by Crippen LogP contribution is 2.14. The summed E-state index contributed by atoms with van der Waals surface area (Å²) in [5.41, 5.74) is 1.81. The van der Waals surface area contributed by atoms with E-state index in [1.165, 1.54) is 0 Å². The highest BCUT2D eigenvalue weighted by atomic mass is 35.5. The Morgan fingerprint density at radius 3 is 1.84 bits per heavy atom. The summed E-state index contributed by atoms with van der Waals surface area (Å²) in [4.78, 5) is 22.2. The lowest BCUT2D eigenvalue weighted by Crippen LogP contribution is -2.19. The van der Waals surface area contributed by atoms with Gasteiger partial charge in [-0.2, -0.15) is 0 Å². The third-order valence-corrected chi connectivity index (χ3v) is 2.66. The Balaban J connectivity index is 1.96. The highest BCUT2D eigenvalue weighted by molar-refractivity contribution is 6.30. The minimum atomic E-state index is -0.360. The van der Waals surface area contributed by atoms with E-state index < -0.39 is 0 Å². The molecule has 5 heteroatoms. The van der Waals surface area contributed by atoms with E-state index in [4.69, 9.17) is 11.6 Å². The quantitative estimate of drug-likeness (QED) is 0.837. The van der Waals surface area contributed by atoms with E-state index in [0.29, 0.717) is 22.0 Å². The Morgan fingerprint density at radius 1 is 0.895 bits per heavy atom. The number of anilines is 2. The zero-order chi connectivity index (χ0) is 13.7. The first-order chi connectivity index (χ1) is 9.17. The van der Waals surface area contributed by atoms with Crippen LogP contribution in [0.15, 0.2) is 48.5 Å². The van der Waals surface area contributed by atoms with E-state index in [0.717, 1.165) is 6.29 Å². The molecule has 19 heavy (non-hydrogen) atoms. The molecular weight excluding hydrogens is 264 g/mol. The summed E-state index contributed by atoms with van der Waals surface area (Å²) in [7, 11) is 0. The van der Waals surface area contributed by atoms with Crippen LogP contribution >= 0.6 is 11.6 Å². The van der Waals surface area contributed by atoms with Gasteiger partial charge in [0, 0.05) is 22.0 Å². The van der Waals surface area contributed by atoms with Crippen molar-refractivity contribution in [3.05, 3.63) is 59.1 Å². The Labute approximate surface area is 115 Å². The van der Waals surface area contributed by atoms with E-state index in [1.54, 1.807) is 48.5 Å². The van der Waals surface area contributed by atoms with Crippen molar-refractivity contribution in [2.45, 2.75) is 0 Å². The van der Waals surface area contributed by atoms with Crippen LogP contribution in [0.3, 0.4) is 0 Å². The second-order valence-corrected chi connectivity index (χ2v) is 4.26. The number of hydrogen-bond donors (Lipinski definition) is 2. The number of halogens is 1. The molecule has 0 aliphatic carbocycles. The van der Waals surface area contributed by atoms with E-state index >= 15 is 0 Å². The summed E-state index contributed by atoms with van der Waals surface area (Å²) < 4.78 is 0. The van der Waals surface area contributed by atoms with Gasteiger partial charge in [-0.15, -0.1) is 0 Å². The van der Waals surface area contributed by atoms with Gasteiger partial charge in [0.05, 0.1) is 0 Å². The van der Waals surface area contributed by atoms with Gasteiger partial charge in [0.15, 0.2) is 0 Å². The normalized spacial score (nSPS) is 9.74. The van der Waals surface area contributed by atoms with Gasteiger partial charge in [0.1, 0.15) is 6.29 Å². The zero-order valence-electron chi connectivity index (χ0n) is 9.89. The fourth-order valence-corrected chi connectivity index (χ4v) is 1.60. The summed E-state index contributed by atoms with van der Waals surface area (Å²) in [5.74, 6) is 0. The molecule has 0 spiro atoms. The lowest BCUT2D eigenvalue weighted by atomic mass is 10.2. The van der Waals surface area contributed by atoms with Crippen molar-refractivity contribution in [3.63, 3.8) is 0 Å². The van der Waals surface area contributed by atoms with Crippen molar-refractivity contribution in [3.8, 4) is 0 Å². The fourth-order valence-electron chi connectivity index (χ4n) is 1.47. The number of hydrogen-bond acceptors (Lipinski definition) is 2. The van der Waals surface area contributed by atoms with Crippen molar-refractivity contribution in [1.29, 1.82) is 0 Å². The van der Waals surface area contributed by atoms with Crippen LogP contribution in [0.25, 0.3) is 0 Å². The first kappa shape index (κ1) is 13.1. The number of rotatable bonds is 3. The number of urea groups is 1. The van der Waals surface area contributed by atoms with Gasteiger partial charge in [-0.3, -0.25) is 4.79 Å². The molecule has 0 unspecified atom stereocenters. The Hall–Kier alpha value is -2.33. The monoisotopic (exact) mass is 274 g/mol. The van der Waals surface area contributed by atoms with Gasteiger partial charge in [0.25, 0.3) is 0 Å². The first-order valence-corrected chi connectivity index (χ1v) is 5.94. The van der Waals surface area contributed by atoms with E-state index in [9.17, 15) is 9.59 Å². The molecule has 0 saturated heterocycles. The van der Waals surface area contributed by atoms with Gasteiger partial charge in [-0.05, 0) is 48.5 Å². The average molecular weight is 275 g/mol. The third kappa shape index (κ3) is 3.82. The first-order valence-electron chi connectivity index (χ1n) is 5.56. The number of carbonyl (C=O) groups is 2. The maximum absolute atomic E-state index is 11.7. The van der Waals surface area contributed by atoms with E-state index in [2.05, 4.69) is 10.6 Å². The zero-order valence-corrected chi connectivity index (χ0v) is 10.6. The maximum atomic E-state index is 11.7. The van der Waals surface area contributed by atoms with Gasteiger partial charge >= 0.3 is 6.03 Å². The van der Waals surface area contributed by atoms with Crippen LogP contribution in [-0.4, -0.2) is 12.3 Å². The molecule has 0 radical (unpaired) electrons. The molecule has 0 saturated carbocycles. The lowest BCUT2D eigenvalue weighted by molar-refractivity contribution is 0.112. The SMILES string of the molecule is O=Cc1ccc(NC(=O)Nc2ccc(Cl)cc2)cc1. The van der Waals surface area contributed by atoms with Gasteiger partial charge in [0.2, 0.25) is 0 Å². The van der Waals surface area contributed by atoms with Crippen LogP contribution in [-0.2, 0) is 0 Å². The fraction of sp³-hybridized carbons (Fsp3) is 0. The smallest absolute Gasteiger partial charge is 0.308 e. The Bertz CT molecular complexity index is 579. The molecule has 2 rings (SSSR count). The number of amides is 2. The van der Waals surface area contributed by atoms with Crippen molar-refractivity contribution in [2.24, 2.45) is 0 Å². The largest absolute Gasteiger partial charge is 0.323 e. The lowest BCUT2D eigenvalue weighted by Gasteiger charge is -2.07. The summed E-state index contributed by atoms with van der Waals surface area (Å²) in [6.07, 6.45) is 0.748. The number of carbonyl (C=O) groups excluding carboxylic acids is 2. The second-order valence-electron chi connectivity index (χ2n) is 3.83. The van der Waals surface area contributed by atoms with Crippen LogP contribution in [0, 0.1) is 0 Å². The van der Waals surface area contributed by atoms with Crippen LogP contribution in [0.1, 0.15) is 10.4 Å². The van der Waals surface area contributed by atoms with Crippen LogP contribution in [0.2, 0.25) is 5.02 Å². The summed E-state index contributed by atoms with van der Waals surface area (Å²) in [6.45, 7) is 0. The van der Waals surface area contributed by atoms with E-state index in [1.807, 2.05) is 0 Å². The van der Waals surface area contributed by atoms with Crippen molar-refractivity contribution in [1.82, 2.24) is 0 Å². The summed E-state index contributed by atoms with van der Waals surface area (Å²) >= 11 is 5.75. The molecule has 0 atom stereocenters. The molecule has 0 aliphatic heterocycles. The summed E-state index contributed by atoms with van der Waals surface area (Å²) in [6, 6.07) is 13.0. The predicted molar refractivity (Wildman–Crippen MR) is 75.9 cm³/mol. The molecule has 0 bridgehead atoms. The second kappa shape index (κ2) is 6.02. The minimum absolute atomic E-state index is 0.360. The predicted octanol–water partition coefficient (Wildman–Crippen LogP) is 3.80. The van der Waals surface area contributed by atoms with Crippen LogP contribution in [0.5, 0.6) is 0 Å². The molecule has 0 aliphatic rings. The number of benzene rings is 2.